The normalized spacial score (nSPS) is 11.2. The molecule has 0 saturated carbocycles. The molecule has 0 saturated heterocycles. The first kappa shape index (κ1) is 13.3. The second-order valence-corrected chi connectivity index (χ2v) is 5.58. The summed E-state index contributed by atoms with van der Waals surface area (Å²) in [6.07, 6.45) is 0. The molecule has 0 atom stereocenters. The molecule has 0 bridgehead atoms. The summed E-state index contributed by atoms with van der Waals surface area (Å²) in [5.74, 6) is -0.207. The lowest BCUT2D eigenvalue weighted by atomic mass is 10.0. The molecule has 0 aliphatic carbocycles. The van der Waals surface area contributed by atoms with Gasteiger partial charge in [-0.15, -0.1) is 0 Å². The average Bonchev–Trinajstić information content (AvgIpc) is 2.38. The van der Waals surface area contributed by atoms with Gasteiger partial charge in [-0.2, -0.15) is 0 Å². The summed E-state index contributed by atoms with van der Waals surface area (Å²) in [6.45, 7) is 0. The molecule has 2 aromatic rings. The van der Waals surface area contributed by atoms with E-state index >= 15 is 0 Å². The predicted molar refractivity (Wildman–Crippen MR) is 72.1 cm³/mol. The monoisotopic (exact) mass is 276 g/mol. The molecule has 0 fully saturated rings. The van der Waals surface area contributed by atoms with Gasteiger partial charge in [0.15, 0.2) is 5.78 Å². The minimum absolute atomic E-state index is 0.0265. The van der Waals surface area contributed by atoms with Crippen LogP contribution in [-0.2, 0) is 10.0 Å². The zero-order valence-corrected chi connectivity index (χ0v) is 10.7. The number of carbonyl (C=O) groups is 1. The number of nitrogen functional groups attached to an aromatic ring is 1. The minimum atomic E-state index is -3.74. The van der Waals surface area contributed by atoms with Gasteiger partial charge in [-0.05, 0) is 48.5 Å². The summed E-state index contributed by atoms with van der Waals surface area (Å²) < 4.78 is 22.2. The Hall–Kier alpha value is -2.18. The Bertz CT molecular complexity index is 705. The highest BCUT2D eigenvalue weighted by atomic mass is 32.2. The van der Waals surface area contributed by atoms with E-state index in [0.717, 1.165) is 0 Å². The SMILES string of the molecule is Nc1ccc(C(=O)c2ccc(S(N)(=O)=O)cc2)cc1. The Kier molecular flexibility index (Phi) is 3.37. The molecule has 0 heterocycles. The van der Waals surface area contributed by atoms with Crippen molar-refractivity contribution in [3.05, 3.63) is 59.7 Å². The zero-order valence-electron chi connectivity index (χ0n) is 9.91. The van der Waals surface area contributed by atoms with Gasteiger partial charge >= 0.3 is 0 Å². The summed E-state index contributed by atoms with van der Waals surface area (Å²) in [5.41, 5.74) is 6.98. The number of anilines is 1. The van der Waals surface area contributed by atoms with Gasteiger partial charge < -0.3 is 5.73 Å². The summed E-state index contributed by atoms with van der Waals surface area (Å²) in [6, 6.07) is 12.0. The molecule has 19 heavy (non-hydrogen) atoms. The number of sulfonamides is 1. The maximum Gasteiger partial charge on any atom is 0.238 e. The van der Waals surface area contributed by atoms with E-state index in [2.05, 4.69) is 0 Å². The molecule has 0 amide bonds. The van der Waals surface area contributed by atoms with Crippen molar-refractivity contribution in [3.8, 4) is 0 Å². The van der Waals surface area contributed by atoms with Crippen LogP contribution in [0.5, 0.6) is 0 Å². The molecule has 0 spiro atoms. The average molecular weight is 276 g/mol. The molecule has 5 nitrogen and oxygen atoms in total. The fourth-order valence-electron chi connectivity index (χ4n) is 1.60. The molecule has 0 aromatic heterocycles. The highest BCUT2D eigenvalue weighted by Crippen LogP contribution is 2.14. The number of carbonyl (C=O) groups excluding carboxylic acids is 1. The van der Waals surface area contributed by atoms with E-state index in [1.165, 1.54) is 24.3 Å². The fourth-order valence-corrected chi connectivity index (χ4v) is 2.11. The van der Waals surface area contributed by atoms with Gasteiger partial charge in [0.05, 0.1) is 4.90 Å². The van der Waals surface area contributed by atoms with Crippen molar-refractivity contribution in [2.24, 2.45) is 5.14 Å². The Morgan fingerprint density at radius 1 is 0.842 bits per heavy atom. The predicted octanol–water partition coefficient (Wildman–Crippen LogP) is 1.15. The molecular weight excluding hydrogens is 264 g/mol. The van der Waals surface area contributed by atoms with Crippen molar-refractivity contribution in [1.29, 1.82) is 0 Å². The van der Waals surface area contributed by atoms with Crippen LogP contribution >= 0.6 is 0 Å². The first-order valence-corrected chi connectivity index (χ1v) is 6.96. The summed E-state index contributed by atoms with van der Waals surface area (Å²) in [7, 11) is -3.74. The van der Waals surface area contributed by atoms with Crippen molar-refractivity contribution < 1.29 is 13.2 Å². The molecule has 98 valence electrons. The van der Waals surface area contributed by atoms with E-state index in [-0.39, 0.29) is 10.7 Å². The minimum Gasteiger partial charge on any atom is -0.399 e. The molecule has 4 N–H and O–H groups in total. The third-order valence-electron chi connectivity index (χ3n) is 2.62. The molecule has 0 aliphatic heterocycles. The molecule has 2 rings (SSSR count). The van der Waals surface area contributed by atoms with E-state index in [9.17, 15) is 13.2 Å². The van der Waals surface area contributed by atoms with Crippen molar-refractivity contribution in [1.82, 2.24) is 0 Å². The third kappa shape index (κ3) is 2.98. The molecular formula is C13H12N2O3S. The van der Waals surface area contributed by atoms with Gasteiger partial charge in [0, 0.05) is 16.8 Å². The van der Waals surface area contributed by atoms with Crippen LogP contribution in [-0.4, -0.2) is 14.2 Å². The maximum absolute atomic E-state index is 12.1. The second-order valence-electron chi connectivity index (χ2n) is 4.02. The number of primary sulfonamides is 1. The smallest absolute Gasteiger partial charge is 0.238 e. The standard InChI is InChI=1S/C13H12N2O3S/c14-11-5-1-9(2-6-11)13(16)10-3-7-12(8-4-10)19(15,17)18/h1-8H,14H2,(H2,15,17,18). The van der Waals surface area contributed by atoms with Gasteiger partial charge in [0.2, 0.25) is 10.0 Å². The quantitative estimate of drug-likeness (QED) is 0.648. The van der Waals surface area contributed by atoms with Crippen LogP contribution in [0, 0.1) is 0 Å². The zero-order chi connectivity index (χ0) is 14.0. The van der Waals surface area contributed by atoms with Gasteiger partial charge in [0.1, 0.15) is 0 Å². The Morgan fingerprint density at radius 3 is 1.68 bits per heavy atom. The molecule has 6 heteroatoms. The van der Waals surface area contributed by atoms with Crippen LogP contribution in [0.3, 0.4) is 0 Å². The van der Waals surface area contributed by atoms with Gasteiger partial charge in [-0.1, -0.05) is 0 Å². The lowest BCUT2D eigenvalue weighted by molar-refractivity contribution is 0.103. The number of hydrogen-bond donors (Lipinski definition) is 2. The van der Waals surface area contributed by atoms with Crippen LogP contribution in [0.1, 0.15) is 15.9 Å². The lowest BCUT2D eigenvalue weighted by Gasteiger charge is -2.03. The Labute approximate surface area is 110 Å². The number of nitrogens with two attached hydrogens (primary N) is 2. The van der Waals surface area contributed by atoms with E-state index in [1.54, 1.807) is 24.3 Å². The van der Waals surface area contributed by atoms with E-state index in [0.29, 0.717) is 16.8 Å². The fraction of sp³-hybridized carbons (Fsp3) is 0. The third-order valence-corrected chi connectivity index (χ3v) is 3.55. The van der Waals surface area contributed by atoms with E-state index in [1.807, 2.05) is 0 Å². The van der Waals surface area contributed by atoms with Crippen LogP contribution in [0.4, 0.5) is 5.69 Å². The van der Waals surface area contributed by atoms with Crippen molar-refractivity contribution in [3.63, 3.8) is 0 Å². The van der Waals surface area contributed by atoms with Crippen LogP contribution in [0.25, 0.3) is 0 Å². The van der Waals surface area contributed by atoms with Crippen molar-refractivity contribution in [2.45, 2.75) is 4.90 Å². The van der Waals surface area contributed by atoms with Crippen molar-refractivity contribution >= 4 is 21.5 Å². The Morgan fingerprint density at radius 2 is 1.26 bits per heavy atom. The highest BCUT2D eigenvalue weighted by Gasteiger charge is 2.11. The highest BCUT2D eigenvalue weighted by molar-refractivity contribution is 7.89. The molecule has 0 unspecified atom stereocenters. The van der Waals surface area contributed by atoms with Crippen LogP contribution < -0.4 is 10.9 Å². The summed E-state index contributed by atoms with van der Waals surface area (Å²) in [4.78, 5) is 12.1. The number of benzene rings is 2. The van der Waals surface area contributed by atoms with Gasteiger partial charge in [0.25, 0.3) is 0 Å². The van der Waals surface area contributed by atoms with Crippen molar-refractivity contribution in [2.75, 3.05) is 5.73 Å². The largest absolute Gasteiger partial charge is 0.399 e. The topological polar surface area (TPSA) is 103 Å². The van der Waals surface area contributed by atoms with Crippen LogP contribution in [0.2, 0.25) is 0 Å². The summed E-state index contributed by atoms with van der Waals surface area (Å²) >= 11 is 0. The van der Waals surface area contributed by atoms with Gasteiger partial charge in [-0.25, -0.2) is 13.6 Å². The first-order valence-electron chi connectivity index (χ1n) is 5.41. The second kappa shape index (κ2) is 4.83. The van der Waals surface area contributed by atoms with Crippen LogP contribution in [0.15, 0.2) is 53.4 Å². The summed E-state index contributed by atoms with van der Waals surface area (Å²) in [5, 5.41) is 4.98. The molecule has 0 radical (unpaired) electrons. The molecule has 0 aliphatic rings. The number of hydrogen-bond acceptors (Lipinski definition) is 4. The molecule has 2 aromatic carbocycles. The lowest BCUT2D eigenvalue weighted by Crippen LogP contribution is -2.12. The maximum atomic E-state index is 12.1. The van der Waals surface area contributed by atoms with E-state index in [4.69, 9.17) is 10.9 Å². The van der Waals surface area contributed by atoms with E-state index < -0.39 is 10.0 Å². The first-order chi connectivity index (χ1) is 8.88. The number of ketones is 1. The number of rotatable bonds is 3. The van der Waals surface area contributed by atoms with Gasteiger partial charge in [-0.3, -0.25) is 4.79 Å². The Balaban J connectivity index is 2.32.